The SMILES string of the molecule is CCCCC/C=C\CC/C=C/C(N)=O. The molecule has 0 heterocycles. The first-order valence-corrected chi connectivity index (χ1v) is 5.38. The molecule has 14 heavy (non-hydrogen) atoms. The number of rotatable bonds is 8. The summed E-state index contributed by atoms with van der Waals surface area (Å²) in [6.07, 6.45) is 14.6. The van der Waals surface area contributed by atoms with Gasteiger partial charge in [-0.15, -0.1) is 0 Å². The van der Waals surface area contributed by atoms with E-state index in [0.29, 0.717) is 0 Å². The Hall–Kier alpha value is -1.05. The van der Waals surface area contributed by atoms with Crippen molar-refractivity contribution in [3.05, 3.63) is 24.3 Å². The van der Waals surface area contributed by atoms with Gasteiger partial charge in [-0.05, 0) is 31.8 Å². The van der Waals surface area contributed by atoms with E-state index in [1.54, 1.807) is 0 Å². The van der Waals surface area contributed by atoms with E-state index in [1.807, 2.05) is 6.08 Å². The van der Waals surface area contributed by atoms with Gasteiger partial charge in [0.2, 0.25) is 5.91 Å². The summed E-state index contributed by atoms with van der Waals surface area (Å²) >= 11 is 0. The predicted octanol–water partition coefficient (Wildman–Crippen LogP) is 2.94. The van der Waals surface area contributed by atoms with E-state index in [0.717, 1.165) is 12.8 Å². The number of allylic oxidation sites excluding steroid dienone is 3. The van der Waals surface area contributed by atoms with Gasteiger partial charge in [0, 0.05) is 0 Å². The van der Waals surface area contributed by atoms with Crippen LogP contribution in [0.3, 0.4) is 0 Å². The number of nitrogens with two attached hydrogens (primary N) is 1. The summed E-state index contributed by atoms with van der Waals surface area (Å²) in [5.74, 6) is -0.364. The van der Waals surface area contributed by atoms with Crippen LogP contribution >= 0.6 is 0 Å². The Balaban J connectivity index is 3.22. The van der Waals surface area contributed by atoms with E-state index in [-0.39, 0.29) is 5.91 Å². The monoisotopic (exact) mass is 195 g/mol. The summed E-state index contributed by atoms with van der Waals surface area (Å²) in [7, 11) is 0. The second-order valence-corrected chi connectivity index (χ2v) is 3.35. The van der Waals surface area contributed by atoms with Crippen molar-refractivity contribution in [3.8, 4) is 0 Å². The van der Waals surface area contributed by atoms with Crippen LogP contribution in [0.4, 0.5) is 0 Å². The number of primary amides is 1. The van der Waals surface area contributed by atoms with Crippen LogP contribution in [-0.2, 0) is 4.79 Å². The maximum atomic E-state index is 10.3. The van der Waals surface area contributed by atoms with Crippen molar-refractivity contribution in [1.29, 1.82) is 0 Å². The van der Waals surface area contributed by atoms with Crippen molar-refractivity contribution >= 4 is 5.91 Å². The molecule has 80 valence electrons. The first kappa shape index (κ1) is 12.9. The largest absolute Gasteiger partial charge is 0.366 e. The molecule has 1 amide bonds. The van der Waals surface area contributed by atoms with Crippen molar-refractivity contribution in [2.75, 3.05) is 0 Å². The van der Waals surface area contributed by atoms with Crippen LogP contribution in [-0.4, -0.2) is 5.91 Å². The van der Waals surface area contributed by atoms with Gasteiger partial charge < -0.3 is 5.73 Å². The van der Waals surface area contributed by atoms with Crippen molar-refractivity contribution < 1.29 is 4.79 Å². The van der Waals surface area contributed by atoms with Gasteiger partial charge in [0.1, 0.15) is 0 Å². The number of carbonyl (C=O) groups is 1. The number of hydrogen-bond donors (Lipinski definition) is 1. The summed E-state index contributed by atoms with van der Waals surface area (Å²) in [5, 5.41) is 0. The molecule has 0 aromatic heterocycles. The van der Waals surface area contributed by atoms with Gasteiger partial charge in [-0.3, -0.25) is 4.79 Å². The third-order valence-corrected chi connectivity index (χ3v) is 1.92. The van der Waals surface area contributed by atoms with Gasteiger partial charge in [-0.2, -0.15) is 0 Å². The van der Waals surface area contributed by atoms with E-state index in [9.17, 15) is 4.79 Å². The Labute approximate surface area is 86.9 Å². The van der Waals surface area contributed by atoms with Gasteiger partial charge in [0.25, 0.3) is 0 Å². The fourth-order valence-corrected chi connectivity index (χ4v) is 1.14. The molecule has 0 saturated heterocycles. The minimum Gasteiger partial charge on any atom is -0.366 e. The first-order chi connectivity index (χ1) is 6.77. The molecule has 0 aliphatic carbocycles. The second-order valence-electron chi connectivity index (χ2n) is 3.35. The lowest BCUT2D eigenvalue weighted by molar-refractivity contribution is -0.113. The zero-order valence-electron chi connectivity index (χ0n) is 9.04. The van der Waals surface area contributed by atoms with Crippen molar-refractivity contribution in [2.45, 2.75) is 45.4 Å². The average Bonchev–Trinajstić information content (AvgIpc) is 2.15. The quantitative estimate of drug-likeness (QED) is 0.361. The van der Waals surface area contributed by atoms with E-state index >= 15 is 0 Å². The van der Waals surface area contributed by atoms with Crippen LogP contribution in [0.1, 0.15) is 45.4 Å². The smallest absolute Gasteiger partial charge is 0.241 e. The molecule has 0 aromatic rings. The summed E-state index contributed by atoms with van der Waals surface area (Å²) in [4.78, 5) is 10.3. The van der Waals surface area contributed by atoms with Crippen molar-refractivity contribution in [1.82, 2.24) is 0 Å². The van der Waals surface area contributed by atoms with Gasteiger partial charge >= 0.3 is 0 Å². The molecule has 0 unspecified atom stereocenters. The average molecular weight is 195 g/mol. The zero-order valence-corrected chi connectivity index (χ0v) is 9.04. The van der Waals surface area contributed by atoms with E-state index in [2.05, 4.69) is 19.1 Å². The van der Waals surface area contributed by atoms with E-state index in [4.69, 9.17) is 5.73 Å². The van der Waals surface area contributed by atoms with Crippen molar-refractivity contribution in [2.24, 2.45) is 5.73 Å². The van der Waals surface area contributed by atoms with Crippen LogP contribution in [0.5, 0.6) is 0 Å². The molecular formula is C12H21NO. The van der Waals surface area contributed by atoms with Crippen LogP contribution in [0.25, 0.3) is 0 Å². The highest BCUT2D eigenvalue weighted by molar-refractivity contribution is 5.85. The Bertz CT molecular complexity index is 194. The topological polar surface area (TPSA) is 43.1 Å². The van der Waals surface area contributed by atoms with Gasteiger partial charge in [-0.25, -0.2) is 0 Å². The van der Waals surface area contributed by atoms with Crippen LogP contribution in [0.15, 0.2) is 24.3 Å². The zero-order chi connectivity index (χ0) is 10.6. The molecule has 0 radical (unpaired) electrons. The van der Waals surface area contributed by atoms with Crippen LogP contribution < -0.4 is 5.73 Å². The molecule has 0 saturated carbocycles. The Morgan fingerprint density at radius 3 is 2.36 bits per heavy atom. The lowest BCUT2D eigenvalue weighted by Crippen LogP contribution is -2.05. The van der Waals surface area contributed by atoms with Gasteiger partial charge in [-0.1, -0.05) is 38.0 Å². The van der Waals surface area contributed by atoms with Gasteiger partial charge in [0.15, 0.2) is 0 Å². The fourth-order valence-electron chi connectivity index (χ4n) is 1.14. The molecule has 0 fully saturated rings. The molecule has 0 rings (SSSR count). The molecule has 0 aliphatic rings. The molecule has 2 heteroatoms. The molecule has 0 aliphatic heterocycles. The predicted molar refractivity (Wildman–Crippen MR) is 60.9 cm³/mol. The maximum Gasteiger partial charge on any atom is 0.241 e. The van der Waals surface area contributed by atoms with Crippen LogP contribution in [0, 0.1) is 0 Å². The molecule has 0 spiro atoms. The second kappa shape index (κ2) is 10.0. The Morgan fingerprint density at radius 1 is 1.07 bits per heavy atom. The molecule has 0 atom stereocenters. The number of hydrogen-bond acceptors (Lipinski definition) is 1. The minimum absolute atomic E-state index is 0.364. The number of carbonyl (C=O) groups excluding carboxylic acids is 1. The molecular weight excluding hydrogens is 174 g/mol. The molecule has 2 nitrogen and oxygen atoms in total. The first-order valence-electron chi connectivity index (χ1n) is 5.38. The molecule has 0 aromatic carbocycles. The highest BCUT2D eigenvalue weighted by Gasteiger charge is 1.83. The molecule has 0 bridgehead atoms. The van der Waals surface area contributed by atoms with Gasteiger partial charge in [0.05, 0.1) is 0 Å². The van der Waals surface area contributed by atoms with E-state index in [1.165, 1.54) is 31.8 Å². The third kappa shape index (κ3) is 11.0. The standard InChI is InChI=1S/C12H21NO/c1-2-3-4-5-6-7-8-9-10-11-12(13)14/h6-7,10-11H,2-5,8-9H2,1H3,(H2,13,14)/b7-6-,11-10+. The minimum atomic E-state index is -0.364. The lowest BCUT2D eigenvalue weighted by Gasteiger charge is -1.91. The molecule has 2 N–H and O–H groups in total. The van der Waals surface area contributed by atoms with E-state index < -0.39 is 0 Å². The van der Waals surface area contributed by atoms with Crippen molar-refractivity contribution in [3.63, 3.8) is 0 Å². The Kier molecular flexibility index (Phi) is 9.28. The highest BCUT2D eigenvalue weighted by Crippen LogP contribution is 2.01. The Morgan fingerprint density at radius 2 is 1.71 bits per heavy atom. The summed E-state index contributed by atoms with van der Waals surface area (Å²) in [6.45, 7) is 2.21. The number of unbranched alkanes of at least 4 members (excludes halogenated alkanes) is 4. The highest BCUT2D eigenvalue weighted by atomic mass is 16.1. The van der Waals surface area contributed by atoms with Crippen LogP contribution in [0.2, 0.25) is 0 Å². The maximum absolute atomic E-state index is 10.3. The third-order valence-electron chi connectivity index (χ3n) is 1.92. The fraction of sp³-hybridized carbons (Fsp3) is 0.583. The summed E-state index contributed by atoms with van der Waals surface area (Å²) < 4.78 is 0. The lowest BCUT2D eigenvalue weighted by atomic mass is 10.2. The normalized spacial score (nSPS) is 11.5. The number of amides is 1. The summed E-state index contributed by atoms with van der Waals surface area (Å²) in [6, 6.07) is 0. The summed E-state index contributed by atoms with van der Waals surface area (Å²) in [5.41, 5.74) is 4.94.